The van der Waals surface area contributed by atoms with E-state index in [-0.39, 0.29) is 17.8 Å². The van der Waals surface area contributed by atoms with Crippen LogP contribution in [0.4, 0.5) is 8.78 Å². The van der Waals surface area contributed by atoms with E-state index in [2.05, 4.69) is 41.4 Å². The maximum atomic E-state index is 13.1. The molecule has 0 radical (unpaired) electrons. The monoisotopic (exact) mass is 380 g/mol. The number of guanidine groups is 1. The number of hydrogen-bond acceptors (Lipinski definition) is 4. The number of aliphatic imine (C=N–C) groups is 1. The molecule has 0 bridgehead atoms. The molecule has 27 heavy (non-hydrogen) atoms. The van der Waals surface area contributed by atoms with Gasteiger partial charge in [0.05, 0.1) is 12.7 Å². The number of nitrogens with one attached hydrogen (secondary N) is 2. The Morgan fingerprint density at radius 1 is 1.22 bits per heavy atom. The molecule has 1 heterocycles. The number of ether oxygens (including phenoxy) is 1. The van der Waals surface area contributed by atoms with E-state index in [1.54, 1.807) is 6.20 Å². The van der Waals surface area contributed by atoms with Gasteiger partial charge in [0, 0.05) is 18.0 Å². The van der Waals surface area contributed by atoms with Crippen LogP contribution in [0, 0.1) is 11.6 Å². The number of nitrogens with zero attached hydrogens (tertiary/aromatic N) is 2. The highest BCUT2D eigenvalue weighted by molar-refractivity contribution is 5.79. The van der Waals surface area contributed by atoms with Crippen molar-refractivity contribution in [3.8, 4) is 5.75 Å². The van der Waals surface area contributed by atoms with Crippen LogP contribution >= 0.6 is 0 Å². The lowest BCUT2D eigenvalue weighted by atomic mass is 9.94. The first-order chi connectivity index (χ1) is 12.8. The molecule has 0 fully saturated rings. The third-order valence-electron chi connectivity index (χ3n) is 3.56. The van der Waals surface area contributed by atoms with Crippen molar-refractivity contribution in [1.29, 1.82) is 0 Å². The second kappa shape index (κ2) is 9.34. The lowest BCUT2D eigenvalue weighted by Crippen LogP contribution is -2.39. The minimum Gasteiger partial charge on any atom is -0.492 e. The molecule has 0 unspecified atom stereocenters. The Morgan fingerprint density at radius 3 is 2.63 bits per heavy atom. The molecule has 2 aromatic rings. The molecule has 0 saturated carbocycles. The summed E-state index contributed by atoms with van der Waals surface area (Å²) in [5.74, 6) is 0.369. The molecule has 0 amide bonds. The van der Waals surface area contributed by atoms with E-state index in [9.17, 15) is 8.78 Å². The highest BCUT2D eigenvalue weighted by Gasteiger charge is 2.19. The number of hydrogen-bond donors (Lipinski definition) is 2. The van der Waals surface area contributed by atoms with E-state index in [0.717, 1.165) is 17.9 Å². The van der Waals surface area contributed by atoms with E-state index >= 15 is 0 Å². The van der Waals surface area contributed by atoms with Crippen molar-refractivity contribution >= 4 is 5.96 Å². The van der Waals surface area contributed by atoms with Gasteiger partial charge in [-0.25, -0.2) is 18.8 Å². The molecule has 6 nitrogen and oxygen atoms in total. The first-order valence-electron chi connectivity index (χ1n) is 8.85. The van der Waals surface area contributed by atoms with Crippen molar-refractivity contribution in [2.45, 2.75) is 39.7 Å². The highest BCUT2D eigenvalue weighted by atomic mass is 19.2. The van der Waals surface area contributed by atoms with Gasteiger partial charge >= 0.3 is 0 Å². The Balaban J connectivity index is 1.84. The van der Waals surface area contributed by atoms with Crippen LogP contribution in [0.5, 0.6) is 5.75 Å². The lowest BCUT2D eigenvalue weighted by molar-refractivity contribution is 0.318. The van der Waals surface area contributed by atoms with Crippen molar-refractivity contribution in [3.05, 3.63) is 47.7 Å². The van der Waals surface area contributed by atoms with Crippen molar-refractivity contribution in [1.82, 2.24) is 15.6 Å². The number of benzene rings is 1. The lowest BCUT2D eigenvalue weighted by Gasteiger charge is -2.13. The van der Waals surface area contributed by atoms with Crippen LogP contribution in [-0.2, 0) is 12.0 Å². The predicted octanol–water partition coefficient (Wildman–Crippen LogP) is 3.38. The maximum Gasteiger partial charge on any atom is 0.216 e. The van der Waals surface area contributed by atoms with Crippen LogP contribution in [0.3, 0.4) is 0 Å². The molecule has 1 aromatic carbocycles. The highest BCUT2D eigenvalue weighted by Crippen LogP contribution is 2.22. The Bertz CT molecular complexity index is 769. The van der Waals surface area contributed by atoms with Crippen LogP contribution in [0.2, 0.25) is 0 Å². The summed E-state index contributed by atoms with van der Waals surface area (Å²) in [6.07, 6.45) is 1.72. The minimum atomic E-state index is -0.934. The number of halogens is 2. The third-order valence-corrected chi connectivity index (χ3v) is 3.56. The zero-order chi connectivity index (χ0) is 19.9. The van der Waals surface area contributed by atoms with Gasteiger partial charge in [-0.1, -0.05) is 20.8 Å². The second-order valence-corrected chi connectivity index (χ2v) is 6.91. The molecule has 0 atom stereocenters. The summed E-state index contributed by atoms with van der Waals surface area (Å²) in [4.78, 5) is 8.67. The van der Waals surface area contributed by atoms with Gasteiger partial charge in [-0.05, 0) is 19.1 Å². The van der Waals surface area contributed by atoms with Crippen LogP contribution in [-0.4, -0.2) is 30.6 Å². The molecule has 148 valence electrons. The minimum absolute atomic E-state index is 0.102. The quantitative estimate of drug-likeness (QED) is 0.438. The van der Waals surface area contributed by atoms with Crippen LogP contribution in [0.15, 0.2) is 33.8 Å². The Labute approximate surface area is 158 Å². The normalized spacial score (nSPS) is 12.1. The summed E-state index contributed by atoms with van der Waals surface area (Å²) < 4.78 is 37.1. The summed E-state index contributed by atoms with van der Waals surface area (Å²) >= 11 is 0. The average Bonchev–Trinajstić information content (AvgIpc) is 3.09. The standard InChI is InChI=1S/C19H26F2N4O2/c1-5-22-18(25-12-17-24-11-16(27-17)19(2,3)4)23-8-9-26-13-6-7-14(20)15(21)10-13/h6-7,10-11H,5,8-9,12H2,1-4H3,(H2,22,23,25). The van der Waals surface area contributed by atoms with E-state index in [1.807, 2.05) is 6.92 Å². The van der Waals surface area contributed by atoms with Gasteiger partial charge in [0.2, 0.25) is 5.89 Å². The van der Waals surface area contributed by atoms with Crippen molar-refractivity contribution < 1.29 is 17.9 Å². The summed E-state index contributed by atoms with van der Waals surface area (Å²) in [7, 11) is 0. The topological polar surface area (TPSA) is 71.7 Å². The summed E-state index contributed by atoms with van der Waals surface area (Å²) in [5, 5.41) is 6.21. The van der Waals surface area contributed by atoms with Gasteiger partial charge in [0.15, 0.2) is 17.6 Å². The fourth-order valence-corrected chi connectivity index (χ4v) is 2.12. The summed E-state index contributed by atoms with van der Waals surface area (Å²) in [6, 6.07) is 3.43. The zero-order valence-corrected chi connectivity index (χ0v) is 16.1. The smallest absolute Gasteiger partial charge is 0.216 e. The SMILES string of the molecule is CCNC(=NCc1ncc(C(C)(C)C)o1)NCCOc1ccc(F)c(F)c1. The largest absolute Gasteiger partial charge is 0.492 e. The molecule has 0 aliphatic heterocycles. The molecule has 2 N–H and O–H groups in total. The van der Waals surface area contributed by atoms with E-state index in [1.165, 1.54) is 6.07 Å². The van der Waals surface area contributed by atoms with Crippen LogP contribution < -0.4 is 15.4 Å². The van der Waals surface area contributed by atoms with Crippen LogP contribution in [0.25, 0.3) is 0 Å². The fraction of sp³-hybridized carbons (Fsp3) is 0.474. The van der Waals surface area contributed by atoms with Crippen molar-refractivity contribution in [3.63, 3.8) is 0 Å². The fourth-order valence-electron chi connectivity index (χ4n) is 2.12. The zero-order valence-electron chi connectivity index (χ0n) is 16.1. The molecular weight excluding hydrogens is 354 g/mol. The molecule has 0 spiro atoms. The molecule has 8 heteroatoms. The van der Waals surface area contributed by atoms with Gasteiger partial charge in [0.1, 0.15) is 24.7 Å². The van der Waals surface area contributed by atoms with E-state index in [4.69, 9.17) is 9.15 Å². The number of oxazole rings is 1. The van der Waals surface area contributed by atoms with Gasteiger partial charge in [-0.15, -0.1) is 0 Å². The third kappa shape index (κ3) is 6.54. The molecular formula is C19H26F2N4O2. The maximum absolute atomic E-state index is 13.1. The average molecular weight is 380 g/mol. The van der Waals surface area contributed by atoms with Crippen LogP contribution in [0.1, 0.15) is 39.3 Å². The summed E-state index contributed by atoms with van der Waals surface area (Å²) in [5.41, 5.74) is -0.102. The molecule has 1 aromatic heterocycles. The van der Waals surface area contributed by atoms with Gasteiger partial charge in [-0.2, -0.15) is 0 Å². The van der Waals surface area contributed by atoms with Gasteiger partial charge < -0.3 is 19.8 Å². The molecule has 0 saturated heterocycles. The first-order valence-corrected chi connectivity index (χ1v) is 8.85. The summed E-state index contributed by atoms with van der Waals surface area (Å²) in [6.45, 7) is 9.81. The number of rotatable bonds is 7. The van der Waals surface area contributed by atoms with Crippen molar-refractivity contribution in [2.75, 3.05) is 19.7 Å². The Kier molecular flexibility index (Phi) is 7.15. The second-order valence-electron chi connectivity index (χ2n) is 6.91. The van der Waals surface area contributed by atoms with E-state index in [0.29, 0.717) is 31.5 Å². The van der Waals surface area contributed by atoms with Gasteiger partial charge in [-0.3, -0.25) is 0 Å². The number of aromatic nitrogens is 1. The van der Waals surface area contributed by atoms with E-state index < -0.39 is 11.6 Å². The predicted molar refractivity (Wildman–Crippen MR) is 99.9 cm³/mol. The molecule has 2 rings (SSSR count). The Morgan fingerprint density at radius 2 is 2.00 bits per heavy atom. The molecule has 0 aliphatic carbocycles. The van der Waals surface area contributed by atoms with Gasteiger partial charge in [0.25, 0.3) is 0 Å². The Hall–Kier alpha value is -2.64. The molecule has 0 aliphatic rings. The first kappa shape index (κ1) is 20.7. The van der Waals surface area contributed by atoms with Crippen molar-refractivity contribution in [2.24, 2.45) is 4.99 Å².